The number of esters is 1. The second kappa shape index (κ2) is 3.86. The molecular weight excluding hydrogens is 311 g/mol. The standard InChI is InChI=1S/C10H7IO2S/c1-13-10(12)6-2-3-8-7(4-6)5-9(11)14-8/h2-5H,1H3. The van der Waals surface area contributed by atoms with E-state index >= 15 is 0 Å². The zero-order valence-corrected chi connectivity index (χ0v) is 10.4. The zero-order valence-electron chi connectivity index (χ0n) is 7.41. The van der Waals surface area contributed by atoms with E-state index in [9.17, 15) is 4.79 Å². The van der Waals surface area contributed by atoms with Crippen LogP contribution in [0.25, 0.3) is 10.1 Å². The van der Waals surface area contributed by atoms with Crippen molar-refractivity contribution in [1.29, 1.82) is 0 Å². The van der Waals surface area contributed by atoms with Gasteiger partial charge >= 0.3 is 5.97 Å². The maximum absolute atomic E-state index is 11.2. The van der Waals surface area contributed by atoms with E-state index in [2.05, 4.69) is 33.4 Å². The molecule has 0 aliphatic heterocycles. The van der Waals surface area contributed by atoms with E-state index in [-0.39, 0.29) is 5.97 Å². The molecule has 0 N–H and O–H groups in total. The van der Waals surface area contributed by atoms with Gasteiger partial charge < -0.3 is 4.74 Å². The molecule has 1 aromatic carbocycles. The van der Waals surface area contributed by atoms with Crippen LogP contribution < -0.4 is 0 Å². The van der Waals surface area contributed by atoms with Gasteiger partial charge in [0.2, 0.25) is 0 Å². The second-order valence-electron chi connectivity index (χ2n) is 2.79. The number of ether oxygens (including phenoxy) is 1. The Morgan fingerprint density at radius 2 is 2.21 bits per heavy atom. The van der Waals surface area contributed by atoms with E-state index in [1.165, 1.54) is 14.7 Å². The van der Waals surface area contributed by atoms with Crippen molar-refractivity contribution in [1.82, 2.24) is 0 Å². The molecule has 1 heterocycles. The van der Waals surface area contributed by atoms with Gasteiger partial charge in [0.05, 0.1) is 15.6 Å². The molecule has 2 nitrogen and oxygen atoms in total. The Morgan fingerprint density at radius 3 is 2.93 bits per heavy atom. The second-order valence-corrected chi connectivity index (χ2v) is 5.77. The van der Waals surface area contributed by atoms with Crippen LogP contribution in [-0.2, 0) is 4.74 Å². The van der Waals surface area contributed by atoms with Gasteiger partial charge in [-0.2, -0.15) is 0 Å². The number of hydrogen-bond donors (Lipinski definition) is 0. The summed E-state index contributed by atoms with van der Waals surface area (Å²) in [5.74, 6) is -0.284. The normalized spacial score (nSPS) is 10.4. The minimum atomic E-state index is -0.284. The van der Waals surface area contributed by atoms with Crippen molar-refractivity contribution in [3.8, 4) is 0 Å². The lowest BCUT2D eigenvalue weighted by atomic mass is 10.2. The van der Waals surface area contributed by atoms with Gasteiger partial charge in [-0.1, -0.05) is 0 Å². The molecule has 0 amide bonds. The first-order valence-corrected chi connectivity index (χ1v) is 5.87. The lowest BCUT2D eigenvalue weighted by molar-refractivity contribution is 0.0601. The van der Waals surface area contributed by atoms with Crippen LogP contribution in [0.3, 0.4) is 0 Å². The summed E-state index contributed by atoms with van der Waals surface area (Å²) in [6.45, 7) is 0. The molecule has 4 heteroatoms. The summed E-state index contributed by atoms with van der Waals surface area (Å²) in [7, 11) is 1.39. The summed E-state index contributed by atoms with van der Waals surface area (Å²) >= 11 is 3.99. The summed E-state index contributed by atoms with van der Waals surface area (Å²) in [5, 5.41) is 1.10. The molecule has 72 valence electrons. The number of fused-ring (bicyclic) bond motifs is 1. The summed E-state index contributed by atoms with van der Waals surface area (Å²) in [6, 6.07) is 7.67. The van der Waals surface area contributed by atoms with Crippen LogP contribution in [-0.4, -0.2) is 13.1 Å². The van der Waals surface area contributed by atoms with Crippen LogP contribution in [0.2, 0.25) is 0 Å². The highest BCUT2D eigenvalue weighted by atomic mass is 127. The summed E-state index contributed by atoms with van der Waals surface area (Å²) < 4.78 is 7.07. The number of benzene rings is 1. The SMILES string of the molecule is COC(=O)c1ccc2sc(I)cc2c1. The van der Waals surface area contributed by atoms with Gasteiger partial charge in [0.25, 0.3) is 0 Å². The topological polar surface area (TPSA) is 26.3 Å². The number of methoxy groups -OCH3 is 1. The molecule has 0 bridgehead atoms. The monoisotopic (exact) mass is 318 g/mol. The van der Waals surface area contributed by atoms with E-state index < -0.39 is 0 Å². The van der Waals surface area contributed by atoms with Gasteiger partial charge in [-0.3, -0.25) is 0 Å². The average molecular weight is 318 g/mol. The Bertz CT molecular complexity index is 490. The Kier molecular flexibility index (Phi) is 2.73. The minimum absolute atomic E-state index is 0.284. The molecule has 0 spiro atoms. The van der Waals surface area contributed by atoms with Crippen molar-refractivity contribution in [2.45, 2.75) is 0 Å². The van der Waals surface area contributed by atoms with Crippen molar-refractivity contribution in [2.24, 2.45) is 0 Å². The highest BCUT2D eigenvalue weighted by Gasteiger charge is 2.07. The molecule has 1 aromatic heterocycles. The highest BCUT2D eigenvalue weighted by molar-refractivity contribution is 14.1. The van der Waals surface area contributed by atoms with Crippen LogP contribution in [0.15, 0.2) is 24.3 Å². The van der Waals surface area contributed by atoms with E-state index in [0.717, 1.165) is 5.39 Å². The molecule has 2 aromatic rings. The third-order valence-corrected chi connectivity index (χ3v) is 3.78. The first kappa shape index (κ1) is 9.92. The maximum Gasteiger partial charge on any atom is 0.337 e. The van der Waals surface area contributed by atoms with Crippen molar-refractivity contribution in [3.05, 3.63) is 32.7 Å². The lowest BCUT2D eigenvalue weighted by Gasteiger charge is -1.97. The fourth-order valence-electron chi connectivity index (χ4n) is 1.26. The van der Waals surface area contributed by atoms with Crippen molar-refractivity contribution < 1.29 is 9.53 Å². The van der Waals surface area contributed by atoms with E-state index in [4.69, 9.17) is 0 Å². The summed E-state index contributed by atoms with van der Waals surface area (Å²) in [5.41, 5.74) is 0.606. The number of carbonyl (C=O) groups is 1. The predicted molar refractivity (Wildman–Crippen MR) is 65.9 cm³/mol. The summed E-state index contributed by atoms with van der Waals surface area (Å²) in [6.07, 6.45) is 0. The van der Waals surface area contributed by atoms with Gasteiger partial charge in [-0.15, -0.1) is 11.3 Å². The Morgan fingerprint density at radius 1 is 1.43 bits per heavy atom. The average Bonchev–Trinajstić information content (AvgIpc) is 2.55. The fraction of sp³-hybridized carbons (Fsp3) is 0.100. The molecule has 0 saturated carbocycles. The first-order chi connectivity index (χ1) is 6.70. The molecular formula is C10H7IO2S. The van der Waals surface area contributed by atoms with E-state index in [1.54, 1.807) is 17.4 Å². The van der Waals surface area contributed by atoms with Crippen LogP contribution in [0.5, 0.6) is 0 Å². The number of carbonyl (C=O) groups excluding carboxylic acids is 1. The zero-order chi connectivity index (χ0) is 10.1. The van der Waals surface area contributed by atoms with Crippen molar-refractivity contribution in [2.75, 3.05) is 7.11 Å². The Labute approximate surface area is 99.0 Å². The molecule has 0 atom stereocenters. The number of thiophene rings is 1. The number of rotatable bonds is 1. The molecule has 0 radical (unpaired) electrons. The highest BCUT2D eigenvalue weighted by Crippen LogP contribution is 2.27. The van der Waals surface area contributed by atoms with Crippen molar-refractivity contribution in [3.63, 3.8) is 0 Å². The maximum atomic E-state index is 11.2. The van der Waals surface area contributed by atoms with Crippen LogP contribution in [0.4, 0.5) is 0 Å². The van der Waals surface area contributed by atoms with Gasteiger partial charge in [0.15, 0.2) is 0 Å². The quantitative estimate of drug-likeness (QED) is 0.596. The predicted octanol–water partition coefficient (Wildman–Crippen LogP) is 3.29. The minimum Gasteiger partial charge on any atom is -0.465 e. The lowest BCUT2D eigenvalue weighted by Crippen LogP contribution is -1.99. The molecule has 0 aliphatic carbocycles. The van der Waals surface area contributed by atoms with Crippen LogP contribution >= 0.6 is 33.9 Å². The van der Waals surface area contributed by atoms with Gasteiger partial charge in [0, 0.05) is 4.70 Å². The molecule has 14 heavy (non-hydrogen) atoms. The first-order valence-electron chi connectivity index (χ1n) is 3.98. The molecule has 0 saturated heterocycles. The van der Waals surface area contributed by atoms with Gasteiger partial charge in [0.1, 0.15) is 0 Å². The number of halogens is 1. The number of hydrogen-bond acceptors (Lipinski definition) is 3. The van der Waals surface area contributed by atoms with E-state index in [0.29, 0.717) is 5.56 Å². The summed E-state index contributed by atoms with van der Waals surface area (Å²) in [4.78, 5) is 11.2. The largest absolute Gasteiger partial charge is 0.465 e. The van der Waals surface area contributed by atoms with E-state index in [1.807, 2.05) is 12.1 Å². The van der Waals surface area contributed by atoms with Gasteiger partial charge in [-0.25, -0.2) is 4.79 Å². The van der Waals surface area contributed by atoms with Crippen LogP contribution in [0, 0.1) is 2.88 Å². The Hall–Kier alpha value is -0.620. The van der Waals surface area contributed by atoms with Crippen LogP contribution in [0.1, 0.15) is 10.4 Å². The smallest absolute Gasteiger partial charge is 0.337 e. The van der Waals surface area contributed by atoms with Crippen molar-refractivity contribution >= 4 is 50.0 Å². The van der Waals surface area contributed by atoms with Gasteiger partial charge in [-0.05, 0) is 52.2 Å². The molecule has 0 fully saturated rings. The third-order valence-electron chi connectivity index (χ3n) is 1.91. The molecule has 0 aliphatic rings. The molecule has 2 rings (SSSR count). The third kappa shape index (κ3) is 1.76. The fourth-order valence-corrected chi connectivity index (χ4v) is 3.07. The Balaban J connectivity index is 2.55. The molecule has 0 unspecified atom stereocenters.